The smallest absolute Gasteiger partial charge is 0.138 e. The number of anilines is 1. The summed E-state index contributed by atoms with van der Waals surface area (Å²) in [5.41, 5.74) is 8.02. The van der Waals surface area contributed by atoms with Crippen molar-refractivity contribution in [1.29, 1.82) is 0 Å². The molecule has 1 nitrogen and oxygen atoms in total. The molecule has 1 heterocycles. The summed E-state index contributed by atoms with van der Waals surface area (Å²) >= 11 is 6.10. The highest BCUT2D eigenvalue weighted by atomic mass is 35.5. The molecule has 4 heteroatoms. The molecule has 17 heavy (non-hydrogen) atoms. The Balaban J connectivity index is 2.29. The predicted octanol–water partition coefficient (Wildman–Crippen LogP) is 3.06. The van der Waals surface area contributed by atoms with Gasteiger partial charge in [0.15, 0.2) is 0 Å². The van der Waals surface area contributed by atoms with Crippen LogP contribution in [0.2, 0.25) is 16.7 Å². The van der Waals surface area contributed by atoms with E-state index >= 15 is 0 Å². The molecule has 2 rings (SSSR count). The van der Waals surface area contributed by atoms with Crippen LogP contribution in [-0.2, 0) is 0 Å². The van der Waals surface area contributed by atoms with E-state index in [1.54, 1.807) is 0 Å². The van der Waals surface area contributed by atoms with E-state index in [0.29, 0.717) is 22.7 Å². The molecule has 1 aliphatic rings. The summed E-state index contributed by atoms with van der Waals surface area (Å²) in [4.78, 5) is 0. The van der Waals surface area contributed by atoms with Crippen molar-refractivity contribution in [2.75, 3.05) is 5.73 Å². The molecular formula is C13H19B2ClN. The SMILES string of the molecule is CC1(C)[B]B(c2ccc(N)c(Cl)c2)CC1(C)C. The molecule has 0 bridgehead atoms. The number of rotatable bonds is 1. The maximum absolute atomic E-state index is 6.10. The van der Waals surface area contributed by atoms with Gasteiger partial charge in [-0.2, -0.15) is 0 Å². The van der Waals surface area contributed by atoms with Crippen LogP contribution >= 0.6 is 11.6 Å². The lowest BCUT2D eigenvalue weighted by atomic mass is 9.17. The van der Waals surface area contributed by atoms with Crippen LogP contribution < -0.4 is 11.2 Å². The molecule has 1 fully saturated rings. The topological polar surface area (TPSA) is 26.0 Å². The summed E-state index contributed by atoms with van der Waals surface area (Å²) in [6.45, 7) is 9.78. The summed E-state index contributed by atoms with van der Waals surface area (Å²) in [5, 5.41) is 0.921. The first-order valence-electron chi connectivity index (χ1n) is 6.14. The number of nitrogens with two attached hydrogens (primary N) is 1. The van der Waals surface area contributed by atoms with Crippen LogP contribution in [0.25, 0.3) is 0 Å². The van der Waals surface area contributed by atoms with E-state index < -0.39 is 0 Å². The Morgan fingerprint density at radius 1 is 1.29 bits per heavy atom. The highest BCUT2D eigenvalue weighted by molar-refractivity contribution is 7.21. The maximum Gasteiger partial charge on any atom is 0.138 e. The molecular weight excluding hydrogens is 227 g/mol. The second-order valence-electron chi connectivity index (χ2n) is 6.36. The molecule has 0 saturated carbocycles. The van der Waals surface area contributed by atoms with E-state index in [-0.39, 0.29) is 5.31 Å². The van der Waals surface area contributed by atoms with Crippen LogP contribution in [0.3, 0.4) is 0 Å². The molecule has 1 aromatic carbocycles. The lowest BCUT2D eigenvalue weighted by molar-refractivity contribution is 0.310. The largest absolute Gasteiger partial charge is 0.398 e. The van der Waals surface area contributed by atoms with Crippen LogP contribution in [0.5, 0.6) is 0 Å². The normalized spacial score (nSPS) is 21.4. The van der Waals surface area contributed by atoms with E-state index in [1.807, 2.05) is 12.1 Å². The average Bonchev–Trinajstić information content (AvgIpc) is 2.41. The van der Waals surface area contributed by atoms with Crippen LogP contribution in [0.1, 0.15) is 27.7 Å². The van der Waals surface area contributed by atoms with Gasteiger partial charge in [-0.1, -0.05) is 62.5 Å². The summed E-state index contributed by atoms with van der Waals surface area (Å²) in [5.74, 6) is 0. The van der Waals surface area contributed by atoms with Crippen molar-refractivity contribution in [2.24, 2.45) is 5.41 Å². The van der Waals surface area contributed by atoms with E-state index in [1.165, 1.54) is 11.8 Å². The number of benzene rings is 1. The van der Waals surface area contributed by atoms with Gasteiger partial charge in [-0.15, -0.1) is 0 Å². The van der Waals surface area contributed by atoms with Gasteiger partial charge in [0.05, 0.1) is 17.9 Å². The third kappa shape index (κ3) is 2.22. The summed E-state index contributed by atoms with van der Waals surface area (Å²) < 4.78 is 0. The fraction of sp³-hybridized carbons (Fsp3) is 0.538. The quantitative estimate of drug-likeness (QED) is 0.598. The zero-order chi connectivity index (χ0) is 12.8. The van der Waals surface area contributed by atoms with Crippen molar-refractivity contribution in [1.82, 2.24) is 0 Å². The highest BCUT2D eigenvalue weighted by Gasteiger charge is 2.48. The highest BCUT2D eigenvalue weighted by Crippen LogP contribution is 2.53. The summed E-state index contributed by atoms with van der Waals surface area (Å²) in [6.07, 6.45) is 1.17. The molecule has 0 spiro atoms. The standard InChI is InChI=1S/C13H19B2ClN/c1-12(2)8-15(14-13(12,3)4)9-5-6-11(17)10(16)7-9/h5-7H,8,17H2,1-4H3. The lowest BCUT2D eigenvalue weighted by Crippen LogP contribution is -2.34. The zero-order valence-electron chi connectivity index (χ0n) is 11.0. The zero-order valence-corrected chi connectivity index (χ0v) is 11.8. The van der Waals surface area contributed by atoms with Crippen molar-refractivity contribution in [3.8, 4) is 0 Å². The lowest BCUT2D eigenvalue weighted by Gasteiger charge is -2.35. The number of hydrogen-bond donors (Lipinski definition) is 1. The average molecular weight is 246 g/mol. The molecule has 0 unspecified atom stereocenters. The van der Waals surface area contributed by atoms with Gasteiger partial charge in [0.25, 0.3) is 0 Å². The van der Waals surface area contributed by atoms with E-state index in [4.69, 9.17) is 17.3 Å². The Morgan fingerprint density at radius 3 is 2.41 bits per heavy atom. The maximum atomic E-state index is 6.10. The molecule has 0 atom stereocenters. The fourth-order valence-corrected chi connectivity index (χ4v) is 2.78. The molecule has 1 aliphatic heterocycles. The van der Waals surface area contributed by atoms with Gasteiger partial charge in [-0.05, 0) is 17.5 Å². The molecule has 89 valence electrons. The second kappa shape index (κ2) is 3.98. The van der Waals surface area contributed by atoms with Crippen molar-refractivity contribution in [3.63, 3.8) is 0 Å². The Labute approximate surface area is 110 Å². The molecule has 0 aromatic heterocycles. The van der Waals surface area contributed by atoms with Crippen LogP contribution in [-0.4, -0.2) is 13.8 Å². The molecule has 0 amide bonds. The third-order valence-electron chi connectivity index (χ3n) is 4.55. The van der Waals surface area contributed by atoms with Gasteiger partial charge in [0, 0.05) is 0 Å². The summed E-state index contributed by atoms with van der Waals surface area (Å²) in [7, 11) is 2.45. The van der Waals surface area contributed by atoms with Gasteiger partial charge in [-0.25, -0.2) is 0 Å². The minimum Gasteiger partial charge on any atom is -0.398 e. The summed E-state index contributed by atoms with van der Waals surface area (Å²) in [6, 6.07) is 6.01. The monoisotopic (exact) mass is 246 g/mol. The fourth-order valence-electron chi connectivity index (χ4n) is 2.59. The molecule has 1 radical (unpaired) electrons. The Hall–Kier alpha value is -0.560. The number of nitrogen functional groups attached to an aromatic ring is 1. The first-order chi connectivity index (χ1) is 7.73. The van der Waals surface area contributed by atoms with E-state index in [2.05, 4.69) is 40.9 Å². The van der Waals surface area contributed by atoms with Crippen LogP contribution in [0, 0.1) is 5.41 Å². The first kappa shape index (κ1) is 12.9. The Morgan fingerprint density at radius 2 is 1.94 bits per heavy atom. The van der Waals surface area contributed by atoms with Crippen LogP contribution in [0.15, 0.2) is 18.2 Å². The number of hydrogen-bond acceptors (Lipinski definition) is 1. The van der Waals surface area contributed by atoms with Gasteiger partial charge in [-0.3, -0.25) is 0 Å². The van der Waals surface area contributed by atoms with Gasteiger partial charge in [0.2, 0.25) is 0 Å². The Bertz CT molecular complexity index is 427. The predicted molar refractivity (Wildman–Crippen MR) is 79.6 cm³/mol. The van der Waals surface area contributed by atoms with Gasteiger partial charge < -0.3 is 5.73 Å². The molecule has 0 aliphatic carbocycles. The number of halogens is 1. The van der Waals surface area contributed by atoms with Crippen molar-refractivity contribution in [2.45, 2.75) is 39.3 Å². The minimum absolute atomic E-state index is 0.255. The third-order valence-corrected chi connectivity index (χ3v) is 4.87. The van der Waals surface area contributed by atoms with Gasteiger partial charge >= 0.3 is 0 Å². The van der Waals surface area contributed by atoms with E-state index in [0.717, 1.165) is 0 Å². The van der Waals surface area contributed by atoms with E-state index in [9.17, 15) is 0 Å². The van der Waals surface area contributed by atoms with Crippen molar-refractivity contribution >= 4 is 36.5 Å². The first-order valence-corrected chi connectivity index (χ1v) is 6.52. The van der Waals surface area contributed by atoms with Crippen molar-refractivity contribution in [3.05, 3.63) is 23.2 Å². The van der Waals surface area contributed by atoms with Crippen LogP contribution in [0.4, 0.5) is 5.69 Å². The second-order valence-corrected chi connectivity index (χ2v) is 6.77. The van der Waals surface area contributed by atoms with Crippen molar-refractivity contribution < 1.29 is 0 Å². The molecule has 2 N–H and O–H groups in total. The van der Waals surface area contributed by atoms with Gasteiger partial charge in [0.1, 0.15) is 6.60 Å². The molecule has 1 aromatic rings. The minimum atomic E-state index is 0.255. The Kier molecular flexibility index (Phi) is 3.02. The molecule has 1 saturated heterocycles.